The fraction of sp³-hybridized carbons (Fsp3) is 0.857. The van der Waals surface area contributed by atoms with Gasteiger partial charge in [0.2, 0.25) is 5.91 Å². The SMILES string of the molecule is O=C1CC(O)CN1CC(O)CO. The molecule has 1 aliphatic heterocycles. The highest BCUT2D eigenvalue weighted by Gasteiger charge is 2.28. The van der Waals surface area contributed by atoms with E-state index in [0.29, 0.717) is 0 Å². The molecule has 0 aromatic carbocycles. The van der Waals surface area contributed by atoms with Crippen LogP contribution in [0.4, 0.5) is 0 Å². The van der Waals surface area contributed by atoms with Gasteiger partial charge in [-0.15, -0.1) is 0 Å². The van der Waals surface area contributed by atoms with Crippen molar-refractivity contribution in [3.8, 4) is 0 Å². The number of hydrogen-bond donors (Lipinski definition) is 3. The van der Waals surface area contributed by atoms with Gasteiger partial charge in [-0.2, -0.15) is 0 Å². The fourth-order valence-electron chi connectivity index (χ4n) is 1.24. The number of rotatable bonds is 3. The van der Waals surface area contributed by atoms with Crippen molar-refractivity contribution in [3.05, 3.63) is 0 Å². The van der Waals surface area contributed by atoms with Gasteiger partial charge in [-0.3, -0.25) is 4.79 Å². The van der Waals surface area contributed by atoms with Gasteiger partial charge < -0.3 is 20.2 Å². The molecule has 0 saturated carbocycles. The van der Waals surface area contributed by atoms with Crippen molar-refractivity contribution >= 4 is 5.91 Å². The van der Waals surface area contributed by atoms with Crippen LogP contribution in [0.15, 0.2) is 0 Å². The lowest BCUT2D eigenvalue weighted by molar-refractivity contribution is -0.129. The first-order valence-corrected chi connectivity index (χ1v) is 3.88. The monoisotopic (exact) mass is 175 g/mol. The van der Waals surface area contributed by atoms with Gasteiger partial charge in [0.1, 0.15) is 0 Å². The number of β-amino-alcohol motifs (C(OH)–C–C–N with tert-alkyl or cyclic N) is 2. The summed E-state index contributed by atoms with van der Waals surface area (Å²) in [5.74, 6) is -0.171. The molecule has 0 aromatic rings. The zero-order chi connectivity index (χ0) is 9.14. The smallest absolute Gasteiger partial charge is 0.225 e. The van der Waals surface area contributed by atoms with E-state index >= 15 is 0 Å². The van der Waals surface area contributed by atoms with E-state index in [1.165, 1.54) is 4.90 Å². The first kappa shape index (κ1) is 9.44. The molecule has 2 unspecified atom stereocenters. The molecule has 3 N–H and O–H groups in total. The van der Waals surface area contributed by atoms with Crippen molar-refractivity contribution in [1.29, 1.82) is 0 Å². The molecule has 5 nitrogen and oxygen atoms in total. The quantitative estimate of drug-likeness (QED) is 0.460. The van der Waals surface area contributed by atoms with E-state index in [9.17, 15) is 4.79 Å². The molecular formula is C7H13NO4. The number of likely N-dealkylation sites (tertiary alicyclic amines) is 1. The molecule has 1 saturated heterocycles. The summed E-state index contributed by atoms with van der Waals surface area (Å²) in [6.07, 6.45) is -1.40. The van der Waals surface area contributed by atoms with Crippen LogP contribution in [0.1, 0.15) is 6.42 Å². The van der Waals surface area contributed by atoms with E-state index < -0.39 is 12.2 Å². The highest BCUT2D eigenvalue weighted by atomic mass is 16.3. The molecule has 1 rings (SSSR count). The molecule has 12 heavy (non-hydrogen) atoms. The Bertz CT molecular complexity index is 173. The third-order valence-corrected chi connectivity index (χ3v) is 1.84. The van der Waals surface area contributed by atoms with Gasteiger partial charge in [0.15, 0.2) is 0 Å². The van der Waals surface area contributed by atoms with E-state index in [4.69, 9.17) is 15.3 Å². The van der Waals surface area contributed by atoms with Gasteiger partial charge in [-0.05, 0) is 0 Å². The Morgan fingerprint density at radius 2 is 2.33 bits per heavy atom. The second kappa shape index (κ2) is 3.84. The van der Waals surface area contributed by atoms with Crippen molar-refractivity contribution in [2.45, 2.75) is 18.6 Å². The predicted molar refractivity (Wildman–Crippen MR) is 40.3 cm³/mol. The fourth-order valence-corrected chi connectivity index (χ4v) is 1.24. The molecular weight excluding hydrogens is 162 g/mol. The highest BCUT2D eigenvalue weighted by Crippen LogP contribution is 2.10. The first-order valence-electron chi connectivity index (χ1n) is 3.88. The van der Waals surface area contributed by atoms with Crippen molar-refractivity contribution in [2.75, 3.05) is 19.7 Å². The summed E-state index contributed by atoms with van der Waals surface area (Å²) >= 11 is 0. The largest absolute Gasteiger partial charge is 0.394 e. The van der Waals surface area contributed by atoms with Gasteiger partial charge in [-0.25, -0.2) is 0 Å². The van der Waals surface area contributed by atoms with Crippen molar-refractivity contribution < 1.29 is 20.1 Å². The van der Waals surface area contributed by atoms with Crippen LogP contribution < -0.4 is 0 Å². The third-order valence-electron chi connectivity index (χ3n) is 1.84. The Morgan fingerprint density at radius 3 is 2.75 bits per heavy atom. The van der Waals surface area contributed by atoms with Crippen molar-refractivity contribution in [1.82, 2.24) is 4.90 Å². The maximum atomic E-state index is 11.0. The Morgan fingerprint density at radius 1 is 1.67 bits per heavy atom. The molecule has 2 atom stereocenters. The van der Waals surface area contributed by atoms with Crippen molar-refractivity contribution in [3.63, 3.8) is 0 Å². The molecule has 5 heteroatoms. The highest BCUT2D eigenvalue weighted by molar-refractivity contribution is 5.79. The van der Waals surface area contributed by atoms with E-state index in [-0.39, 0.29) is 32.0 Å². The van der Waals surface area contributed by atoms with Gasteiger partial charge in [0, 0.05) is 13.1 Å². The van der Waals surface area contributed by atoms with Crippen LogP contribution in [-0.4, -0.2) is 58.0 Å². The normalized spacial score (nSPS) is 26.4. The molecule has 0 radical (unpaired) electrons. The number of carbonyl (C=O) groups excluding carboxylic acids is 1. The number of carbonyl (C=O) groups is 1. The summed E-state index contributed by atoms with van der Waals surface area (Å²) in [4.78, 5) is 12.4. The van der Waals surface area contributed by atoms with E-state index in [1.807, 2.05) is 0 Å². The van der Waals surface area contributed by atoms with Crippen LogP contribution >= 0.6 is 0 Å². The van der Waals surface area contributed by atoms with Crippen LogP contribution in [0.5, 0.6) is 0 Å². The van der Waals surface area contributed by atoms with Gasteiger partial charge in [0.05, 0.1) is 25.2 Å². The minimum absolute atomic E-state index is 0.104. The third kappa shape index (κ3) is 2.17. The average molecular weight is 175 g/mol. The molecule has 0 bridgehead atoms. The molecule has 0 aromatic heterocycles. The Hall–Kier alpha value is -0.650. The van der Waals surface area contributed by atoms with Gasteiger partial charge in [0.25, 0.3) is 0 Å². The zero-order valence-electron chi connectivity index (χ0n) is 6.68. The van der Waals surface area contributed by atoms with Crippen LogP contribution in [0.3, 0.4) is 0 Å². The molecule has 70 valence electrons. The number of hydrogen-bond acceptors (Lipinski definition) is 4. The Balaban J connectivity index is 2.37. The lowest BCUT2D eigenvalue weighted by Crippen LogP contribution is -2.35. The van der Waals surface area contributed by atoms with Crippen LogP contribution in [0.25, 0.3) is 0 Å². The van der Waals surface area contributed by atoms with E-state index in [0.717, 1.165) is 0 Å². The molecule has 1 aliphatic rings. The summed E-state index contributed by atoms with van der Waals surface area (Å²) in [5, 5.41) is 26.5. The number of nitrogens with zero attached hydrogens (tertiary/aromatic N) is 1. The predicted octanol–water partition coefficient (Wildman–Crippen LogP) is -2.07. The summed E-state index contributed by atoms with van der Waals surface area (Å²) in [5.41, 5.74) is 0. The zero-order valence-corrected chi connectivity index (χ0v) is 6.68. The second-order valence-electron chi connectivity index (χ2n) is 2.99. The summed E-state index contributed by atoms with van der Waals surface area (Å²) < 4.78 is 0. The number of aliphatic hydroxyl groups excluding tert-OH is 3. The Kier molecular flexibility index (Phi) is 3.02. The average Bonchev–Trinajstić information content (AvgIpc) is 2.30. The standard InChI is InChI=1S/C7H13NO4/c9-4-6(11)3-8-2-5(10)1-7(8)12/h5-6,9-11H,1-4H2. The van der Waals surface area contributed by atoms with Crippen LogP contribution in [0, 0.1) is 0 Å². The van der Waals surface area contributed by atoms with E-state index in [2.05, 4.69) is 0 Å². The summed E-state index contributed by atoms with van der Waals surface area (Å²) in [6.45, 7) is 0.00214. The van der Waals surface area contributed by atoms with Gasteiger partial charge in [-0.1, -0.05) is 0 Å². The van der Waals surface area contributed by atoms with E-state index in [1.54, 1.807) is 0 Å². The van der Waals surface area contributed by atoms with Crippen molar-refractivity contribution in [2.24, 2.45) is 0 Å². The lowest BCUT2D eigenvalue weighted by atomic mass is 10.3. The lowest BCUT2D eigenvalue weighted by Gasteiger charge is -2.18. The molecule has 0 spiro atoms. The second-order valence-corrected chi connectivity index (χ2v) is 2.99. The summed E-state index contributed by atoms with van der Waals surface area (Å²) in [6, 6.07) is 0. The van der Waals surface area contributed by atoms with Crippen LogP contribution in [-0.2, 0) is 4.79 Å². The summed E-state index contributed by atoms with van der Waals surface area (Å²) in [7, 11) is 0. The maximum absolute atomic E-state index is 11.0. The molecule has 0 aliphatic carbocycles. The van der Waals surface area contributed by atoms with Gasteiger partial charge >= 0.3 is 0 Å². The minimum Gasteiger partial charge on any atom is -0.394 e. The Labute approximate surface area is 70.2 Å². The molecule has 1 amide bonds. The van der Waals surface area contributed by atoms with Crippen LogP contribution in [0.2, 0.25) is 0 Å². The topological polar surface area (TPSA) is 81.0 Å². The molecule has 1 fully saturated rings. The first-order chi connectivity index (χ1) is 5.63. The number of aliphatic hydroxyl groups is 3. The maximum Gasteiger partial charge on any atom is 0.225 e. The number of amides is 1. The minimum atomic E-state index is -0.903. The molecule has 1 heterocycles.